The Morgan fingerprint density at radius 3 is 2.88 bits per heavy atom. The average Bonchev–Trinajstić information content (AvgIpc) is 3.16. The molecule has 0 aromatic heterocycles. The van der Waals surface area contributed by atoms with Crippen LogP contribution in [0.3, 0.4) is 0 Å². The van der Waals surface area contributed by atoms with E-state index in [1.807, 2.05) is 47.4 Å². The van der Waals surface area contributed by atoms with E-state index in [1.54, 1.807) is 18.9 Å². The Hall–Kier alpha value is -1.86. The van der Waals surface area contributed by atoms with Gasteiger partial charge in [-0.2, -0.15) is 0 Å². The van der Waals surface area contributed by atoms with E-state index in [4.69, 9.17) is 14.2 Å². The quantitative estimate of drug-likeness (QED) is 0.731. The smallest absolute Gasteiger partial charge is 0.268 e. The number of carbonyl (C=O) groups is 1. The Bertz CT molecular complexity index is 831. The summed E-state index contributed by atoms with van der Waals surface area (Å²) >= 11 is 5.24. The van der Waals surface area contributed by atoms with E-state index in [1.165, 1.54) is 0 Å². The molecule has 1 amide bonds. The van der Waals surface area contributed by atoms with Crippen LogP contribution in [0, 0.1) is 0 Å². The molecule has 0 radical (unpaired) electrons. The maximum absolute atomic E-state index is 13.1. The lowest BCUT2D eigenvalue weighted by molar-refractivity contribution is -0.141. The van der Waals surface area contributed by atoms with E-state index >= 15 is 0 Å². The molecule has 0 aliphatic carbocycles. The summed E-state index contributed by atoms with van der Waals surface area (Å²) in [5, 5.41) is -0.101. The van der Waals surface area contributed by atoms with Gasteiger partial charge in [0, 0.05) is 22.3 Å². The van der Waals surface area contributed by atoms with Crippen LogP contribution in [-0.4, -0.2) is 42.9 Å². The Kier molecular flexibility index (Phi) is 5.00. The SMILES string of the molecule is COc1ccc(Br)cc1C1SCCN1C(=O)C1COc2ccccc2O1. The van der Waals surface area contributed by atoms with Crippen LogP contribution in [0.25, 0.3) is 0 Å². The molecule has 1 saturated heterocycles. The van der Waals surface area contributed by atoms with Crippen molar-refractivity contribution in [3.63, 3.8) is 0 Å². The van der Waals surface area contributed by atoms with Crippen LogP contribution in [0.2, 0.25) is 0 Å². The van der Waals surface area contributed by atoms with E-state index in [0.717, 1.165) is 21.5 Å². The molecule has 2 aliphatic rings. The molecule has 2 heterocycles. The minimum atomic E-state index is -0.635. The number of amides is 1. The molecule has 136 valence electrons. The van der Waals surface area contributed by atoms with Crippen molar-refractivity contribution in [2.45, 2.75) is 11.5 Å². The van der Waals surface area contributed by atoms with Gasteiger partial charge < -0.3 is 19.1 Å². The normalized spacial score (nSPS) is 21.5. The predicted octanol–water partition coefficient (Wildman–Crippen LogP) is 3.87. The van der Waals surface area contributed by atoms with Crippen molar-refractivity contribution in [2.75, 3.05) is 26.0 Å². The lowest BCUT2D eigenvalue weighted by Gasteiger charge is -2.31. The Balaban J connectivity index is 1.57. The molecule has 0 N–H and O–H groups in total. The van der Waals surface area contributed by atoms with Gasteiger partial charge in [-0.3, -0.25) is 4.79 Å². The first-order valence-electron chi connectivity index (χ1n) is 8.31. The summed E-state index contributed by atoms with van der Waals surface area (Å²) in [6, 6.07) is 13.3. The molecule has 2 atom stereocenters. The number of benzene rings is 2. The molecule has 1 fully saturated rings. The van der Waals surface area contributed by atoms with Crippen LogP contribution in [0.1, 0.15) is 10.9 Å². The van der Waals surface area contributed by atoms with E-state index in [-0.39, 0.29) is 17.9 Å². The summed E-state index contributed by atoms with van der Waals surface area (Å²) in [6.07, 6.45) is -0.635. The van der Waals surface area contributed by atoms with E-state index < -0.39 is 6.10 Å². The number of rotatable bonds is 3. The average molecular weight is 436 g/mol. The molecule has 4 rings (SSSR count). The fourth-order valence-corrected chi connectivity index (χ4v) is 4.83. The fraction of sp³-hybridized carbons (Fsp3) is 0.316. The lowest BCUT2D eigenvalue weighted by Crippen LogP contribution is -2.46. The summed E-state index contributed by atoms with van der Waals surface area (Å²) in [5.74, 6) is 2.88. The zero-order valence-electron chi connectivity index (χ0n) is 14.2. The number of hydrogen-bond acceptors (Lipinski definition) is 5. The minimum Gasteiger partial charge on any atom is -0.496 e. The summed E-state index contributed by atoms with van der Waals surface area (Å²) < 4.78 is 18.1. The molecule has 0 spiro atoms. The maximum Gasteiger partial charge on any atom is 0.268 e. The number of carbonyl (C=O) groups excluding carboxylic acids is 1. The number of ether oxygens (including phenoxy) is 3. The fourth-order valence-electron chi connectivity index (χ4n) is 3.18. The lowest BCUT2D eigenvalue weighted by atomic mass is 10.1. The van der Waals surface area contributed by atoms with Crippen LogP contribution in [0.15, 0.2) is 46.9 Å². The number of methoxy groups -OCH3 is 1. The monoisotopic (exact) mass is 435 g/mol. The van der Waals surface area contributed by atoms with Gasteiger partial charge in [-0.05, 0) is 30.3 Å². The van der Waals surface area contributed by atoms with E-state index in [2.05, 4.69) is 15.9 Å². The van der Waals surface area contributed by atoms with Crippen LogP contribution in [-0.2, 0) is 4.79 Å². The highest BCUT2D eigenvalue weighted by Crippen LogP contribution is 2.43. The largest absolute Gasteiger partial charge is 0.496 e. The van der Waals surface area contributed by atoms with Crippen molar-refractivity contribution in [3.05, 3.63) is 52.5 Å². The van der Waals surface area contributed by atoms with Gasteiger partial charge in [0.2, 0.25) is 6.10 Å². The topological polar surface area (TPSA) is 48.0 Å². The molecule has 2 unspecified atom stereocenters. The van der Waals surface area contributed by atoms with Gasteiger partial charge in [-0.15, -0.1) is 11.8 Å². The van der Waals surface area contributed by atoms with Crippen LogP contribution in [0.4, 0.5) is 0 Å². The Morgan fingerprint density at radius 2 is 2.08 bits per heavy atom. The molecular formula is C19H18BrNO4S. The highest BCUT2D eigenvalue weighted by Gasteiger charge is 2.38. The Morgan fingerprint density at radius 1 is 1.27 bits per heavy atom. The summed E-state index contributed by atoms with van der Waals surface area (Å²) in [7, 11) is 1.65. The number of nitrogens with zero attached hydrogens (tertiary/aromatic N) is 1. The number of halogens is 1. The first-order valence-corrected chi connectivity index (χ1v) is 10.2. The van der Waals surface area contributed by atoms with Crippen molar-refractivity contribution in [1.82, 2.24) is 4.90 Å². The number of para-hydroxylation sites is 2. The van der Waals surface area contributed by atoms with Gasteiger partial charge in [-0.25, -0.2) is 0 Å². The third-order valence-corrected chi connectivity index (χ3v) is 6.15. The molecule has 2 aromatic rings. The molecular weight excluding hydrogens is 418 g/mol. The van der Waals surface area contributed by atoms with Gasteiger partial charge in [0.05, 0.1) is 7.11 Å². The van der Waals surface area contributed by atoms with Crippen molar-refractivity contribution in [1.29, 1.82) is 0 Å². The van der Waals surface area contributed by atoms with Crippen molar-refractivity contribution >= 4 is 33.6 Å². The van der Waals surface area contributed by atoms with Crippen molar-refractivity contribution < 1.29 is 19.0 Å². The molecule has 2 aliphatic heterocycles. The van der Waals surface area contributed by atoms with Crippen LogP contribution in [0.5, 0.6) is 17.2 Å². The molecule has 26 heavy (non-hydrogen) atoms. The first kappa shape index (κ1) is 17.5. The predicted molar refractivity (Wildman–Crippen MR) is 104 cm³/mol. The van der Waals surface area contributed by atoms with Gasteiger partial charge in [0.1, 0.15) is 17.7 Å². The van der Waals surface area contributed by atoms with Crippen molar-refractivity contribution in [2.24, 2.45) is 0 Å². The molecule has 2 aromatic carbocycles. The van der Waals surface area contributed by atoms with Gasteiger partial charge in [0.25, 0.3) is 5.91 Å². The summed E-state index contributed by atoms with van der Waals surface area (Å²) in [4.78, 5) is 15.0. The third-order valence-electron chi connectivity index (χ3n) is 4.42. The molecule has 0 saturated carbocycles. The Labute approximate surface area is 164 Å². The maximum atomic E-state index is 13.1. The second-order valence-corrected chi connectivity index (χ2v) is 8.11. The first-order chi connectivity index (χ1) is 12.7. The second kappa shape index (κ2) is 7.40. The van der Waals surface area contributed by atoms with Gasteiger partial charge >= 0.3 is 0 Å². The number of hydrogen-bond donors (Lipinski definition) is 0. The van der Waals surface area contributed by atoms with Gasteiger partial charge in [0.15, 0.2) is 11.5 Å². The number of fused-ring (bicyclic) bond motifs is 1. The highest BCUT2D eigenvalue weighted by molar-refractivity contribution is 9.10. The molecule has 5 nitrogen and oxygen atoms in total. The van der Waals surface area contributed by atoms with Crippen molar-refractivity contribution in [3.8, 4) is 17.2 Å². The highest BCUT2D eigenvalue weighted by atomic mass is 79.9. The van der Waals surface area contributed by atoms with Gasteiger partial charge in [-0.1, -0.05) is 28.1 Å². The zero-order valence-corrected chi connectivity index (χ0v) is 16.6. The van der Waals surface area contributed by atoms with Crippen LogP contribution < -0.4 is 14.2 Å². The third kappa shape index (κ3) is 3.25. The second-order valence-electron chi connectivity index (χ2n) is 6.01. The van der Waals surface area contributed by atoms with E-state index in [9.17, 15) is 4.79 Å². The number of thioether (sulfide) groups is 1. The molecule has 7 heteroatoms. The van der Waals surface area contributed by atoms with E-state index in [0.29, 0.717) is 18.0 Å². The molecule has 0 bridgehead atoms. The standard InChI is InChI=1S/C19H18BrNO4S/c1-23-14-7-6-12(20)10-13(14)19-21(8-9-26-19)18(22)17-11-24-15-4-2-3-5-16(15)25-17/h2-7,10,17,19H,8-9,11H2,1H3. The summed E-state index contributed by atoms with van der Waals surface area (Å²) in [5.41, 5.74) is 0.981. The van der Waals surface area contributed by atoms with Crippen LogP contribution >= 0.6 is 27.7 Å². The summed E-state index contributed by atoms with van der Waals surface area (Å²) in [6.45, 7) is 0.894. The zero-order chi connectivity index (χ0) is 18.1. The minimum absolute atomic E-state index is 0.0588.